The third-order valence-corrected chi connectivity index (χ3v) is 4.31. The number of hydrogen-bond donors (Lipinski definition) is 3. The molecule has 0 spiro atoms. The van der Waals surface area contributed by atoms with E-state index in [-0.39, 0.29) is 24.0 Å². The molecule has 1 aliphatic heterocycles. The molecule has 1 fully saturated rings. The molecule has 23 heavy (non-hydrogen) atoms. The number of para-hydroxylation sites is 1. The van der Waals surface area contributed by atoms with Crippen LogP contribution in [0.5, 0.6) is 5.75 Å². The van der Waals surface area contributed by atoms with E-state index in [0.29, 0.717) is 6.54 Å². The van der Waals surface area contributed by atoms with E-state index in [1.54, 1.807) is 7.11 Å². The Balaban J connectivity index is 1.78. The number of hydrazine groups is 1. The molecule has 2 rings (SSSR count). The van der Waals surface area contributed by atoms with Crippen LogP contribution in [0.25, 0.3) is 0 Å². The highest BCUT2D eigenvalue weighted by Crippen LogP contribution is 2.17. The molecule has 1 amide bonds. The second-order valence-electron chi connectivity index (χ2n) is 6.26. The number of likely N-dealkylation sites (N-methyl/N-ethyl adjacent to an activating group) is 1. The molecule has 1 heterocycles. The molecule has 6 nitrogen and oxygen atoms in total. The average Bonchev–Trinajstić information content (AvgIpc) is 2.85. The third kappa shape index (κ3) is 4.92. The molecule has 2 unspecified atom stereocenters. The number of carbonyl (C=O) groups is 1. The fourth-order valence-electron chi connectivity index (χ4n) is 2.90. The first-order chi connectivity index (χ1) is 11.0. The SMILES string of the molecule is COc1ccccc1CCN(C)CC(=O)NC1C(C)NNC1C. The predicted molar refractivity (Wildman–Crippen MR) is 91.3 cm³/mol. The maximum Gasteiger partial charge on any atom is 0.234 e. The van der Waals surface area contributed by atoms with Crippen LogP contribution >= 0.6 is 0 Å². The number of methoxy groups -OCH3 is 1. The minimum Gasteiger partial charge on any atom is -0.496 e. The van der Waals surface area contributed by atoms with Gasteiger partial charge in [-0.2, -0.15) is 0 Å². The molecule has 3 N–H and O–H groups in total. The normalized spacial score (nSPS) is 24.0. The summed E-state index contributed by atoms with van der Waals surface area (Å²) in [6, 6.07) is 8.57. The van der Waals surface area contributed by atoms with Crippen molar-refractivity contribution < 1.29 is 9.53 Å². The second kappa shape index (κ2) is 8.29. The number of benzene rings is 1. The van der Waals surface area contributed by atoms with Gasteiger partial charge < -0.3 is 10.1 Å². The molecule has 0 radical (unpaired) electrons. The topological polar surface area (TPSA) is 65.6 Å². The van der Waals surface area contributed by atoms with Gasteiger partial charge in [-0.25, -0.2) is 0 Å². The lowest BCUT2D eigenvalue weighted by Gasteiger charge is -2.22. The quantitative estimate of drug-likeness (QED) is 0.684. The Morgan fingerprint density at radius 3 is 2.57 bits per heavy atom. The standard InChI is InChI=1S/C17H28N4O2/c1-12-17(13(2)20-19-12)18-16(22)11-21(3)10-9-14-7-5-6-8-15(14)23-4/h5-8,12-13,17,19-20H,9-11H2,1-4H3,(H,18,22). The molecule has 0 aromatic heterocycles. The van der Waals surface area contributed by atoms with Gasteiger partial charge in [0.1, 0.15) is 5.75 Å². The van der Waals surface area contributed by atoms with Crippen LogP contribution in [0.1, 0.15) is 19.4 Å². The molecular weight excluding hydrogens is 292 g/mol. The lowest BCUT2D eigenvalue weighted by molar-refractivity contribution is -0.122. The highest BCUT2D eigenvalue weighted by Gasteiger charge is 2.30. The minimum atomic E-state index is 0.0572. The summed E-state index contributed by atoms with van der Waals surface area (Å²) in [5.41, 5.74) is 7.45. The van der Waals surface area contributed by atoms with Crippen LogP contribution in [0, 0.1) is 0 Å². The van der Waals surface area contributed by atoms with Crippen molar-refractivity contribution in [3.63, 3.8) is 0 Å². The van der Waals surface area contributed by atoms with Gasteiger partial charge in [0.15, 0.2) is 0 Å². The maximum atomic E-state index is 12.2. The summed E-state index contributed by atoms with van der Waals surface area (Å²) in [5.74, 6) is 0.956. The Morgan fingerprint density at radius 1 is 1.26 bits per heavy atom. The monoisotopic (exact) mass is 320 g/mol. The van der Waals surface area contributed by atoms with E-state index in [4.69, 9.17) is 4.74 Å². The number of nitrogens with one attached hydrogen (secondary N) is 3. The Morgan fingerprint density at radius 2 is 1.91 bits per heavy atom. The summed E-state index contributed by atoms with van der Waals surface area (Å²) in [4.78, 5) is 14.2. The molecule has 1 saturated heterocycles. The van der Waals surface area contributed by atoms with Crippen molar-refractivity contribution in [3.8, 4) is 5.75 Å². The lowest BCUT2D eigenvalue weighted by atomic mass is 10.1. The largest absolute Gasteiger partial charge is 0.496 e. The molecule has 6 heteroatoms. The van der Waals surface area contributed by atoms with Gasteiger partial charge in [-0.1, -0.05) is 18.2 Å². The van der Waals surface area contributed by atoms with E-state index in [1.807, 2.05) is 30.1 Å². The van der Waals surface area contributed by atoms with Crippen LogP contribution in [0.2, 0.25) is 0 Å². The second-order valence-corrected chi connectivity index (χ2v) is 6.26. The maximum absolute atomic E-state index is 12.2. The van der Waals surface area contributed by atoms with Gasteiger partial charge in [0, 0.05) is 18.6 Å². The Labute approximate surface area is 138 Å². The number of ether oxygens (including phenoxy) is 1. The first-order valence-electron chi connectivity index (χ1n) is 8.12. The molecule has 0 aliphatic carbocycles. The van der Waals surface area contributed by atoms with Crippen LogP contribution in [0.15, 0.2) is 24.3 Å². The van der Waals surface area contributed by atoms with Crippen LogP contribution < -0.4 is 20.9 Å². The highest BCUT2D eigenvalue weighted by molar-refractivity contribution is 5.78. The summed E-state index contributed by atoms with van der Waals surface area (Å²) in [6.07, 6.45) is 0.854. The first kappa shape index (κ1) is 17.7. The van der Waals surface area contributed by atoms with E-state index in [2.05, 4.69) is 36.1 Å². The van der Waals surface area contributed by atoms with Crippen LogP contribution in [0.4, 0.5) is 0 Å². The van der Waals surface area contributed by atoms with E-state index in [0.717, 1.165) is 24.3 Å². The molecule has 0 saturated carbocycles. The van der Waals surface area contributed by atoms with Crippen molar-refractivity contribution in [2.24, 2.45) is 0 Å². The average molecular weight is 320 g/mol. The van der Waals surface area contributed by atoms with Crippen LogP contribution in [-0.4, -0.2) is 56.2 Å². The molecule has 128 valence electrons. The Hall–Kier alpha value is -1.63. The van der Waals surface area contributed by atoms with Crippen molar-refractivity contribution in [1.82, 2.24) is 21.1 Å². The Kier molecular flexibility index (Phi) is 6.38. The van der Waals surface area contributed by atoms with E-state index < -0.39 is 0 Å². The van der Waals surface area contributed by atoms with Crippen LogP contribution in [0.3, 0.4) is 0 Å². The van der Waals surface area contributed by atoms with E-state index in [1.165, 1.54) is 0 Å². The summed E-state index contributed by atoms with van der Waals surface area (Å²) < 4.78 is 5.36. The molecule has 1 aliphatic rings. The molecule has 1 aromatic carbocycles. The Bertz CT molecular complexity index is 513. The number of rotatable bonds is 7. The molecular formula is C17H28N4O2. The van der Waals surface area contributed by atoms with Gasteiger partial charge in [-0.15, -0.1) is 0 Å². The van der Waals surface area contributed by atoms with Crippen molar-refractivity contribution in [1.29, 1.82) is 0 Å². The van der Waals surface area contributed by atoms with Gasteiger partial charge in [0.2, 0.25) is 5.91 Å². The summed E-state index contributed by atoms with van der Waals surface area (Å²) in [5, 5.41) is 3.10. The highest BCUT2D eigenvalue weighted by atomic mass is 16.5. The molecule has 0 bridgehead atoms. The summed E-state index contributed by atoms with van der Waals surface area (Å²) in [6.45, 7) is 5.32. The lowest BCUT2D eigenvalue weighted by Crippen LogP contribution is -2.49. The predicted octanol–water partition coefficient (Wildman–Crippen LogP) is 0.539. The number of nitrogens with zero attached hydrogens (tertiary/aromatic N) is 1. The minimum absolute atomic E-state index is 0.0572. The zero-order valence-electron chi connectivity index (χ0n) is 14.4. The van der Waals surface area contributed by atoms with Gasteiger partial charge in [0.25, 0.3) is 0 Å². The van der Waals surface area contributed by atoms with Gasteiger partial charge >= 0.3 is 0 Å². The summed E-state index contributed by atoms with van der Waals surface area (Å²) >= 11 is 0. The van der Waals surface area contributed by atoms with Gasteiger partial charge in [0.05, 0.1) is 19.7 Å². The van der Waals surface area contributed by atoms with Crippen LogP contribution in [-0.2, 0) is 11.2 Å². The smallest absolute Gasteiger partial charge is 0.234 e. The number of carbonyl (C=O) groups excluding carboxylic acids is 1. The zero-order valence-corrected chi connectivity index (χ0v) is 14.4. The van der Waals surface area contributed by atoms with Crippen molar-refractivity contribution in [2.75, 3.05) is 27.2 Å². The van der Waals surface area contributed by atoms with Gasteiger partial charge in [-0.3, -0.25) is 20.5 Å². The summed E-state index contributed by atoms with van der Waals surface area (Å²) in [7, 11) is 3.65. The van der Waals surface area contributed by atoms with Crippen molar-refractivity contribution in [3.05, 3.63) is 29.8 Å². The zero-order chi connectivity index (χ0) is 16.8. The molecule has 1 aromatic rings. The molecule has 2 atom stereocenters. The van der Waals surface area contributed by atoms with Crippen molar-refractivity contribution in [2.45, 2.75) is 38.4 Å². The first-order valence-corrected chi connectivity index (χ1v) is 8.12. The fourth-order valence-corrected chi connectivity index (χ4v) is 2.90. The fraction of sp³-hybridized carbons (Fsp3) is 0.588. The number of amides is 1. The number of hydrogen-bond acceptors (Lipinski definition) is 5. The third-order valence-electron chi connectivity index (χ3n) is 4.31. The van der Waals surface area contributed by atoms with E-state index >= 15 is 0 Å². The van der Waals surface area contributed by atoms with Gasteiger partial charge in [-0.05, 0) is 38.9 Å². The van der Waals surface area contributed by atoms with Crippen molar-refractivity contribution >= 4 is 5.91 Å². The van der Waals surface area contributed by atoms with E-state index in [9.17, 15) is 4.79 Å².